The molecule has 0 spiro atoms. The Balaban J connectivity index is 3.35. The first-order valence-corrected chi connectivity index (χ1v) is 6.44. The van der Waals surface area contributed by atoms with Gasteiger partial charge in [0.1, 0.15) is 11.5 Å². The van der Waals surface area contributed by atoms with Gasteiger partial charge < -0.3 is 15.7 Å². The highest BCUT2D eigenvalue weighted by molar-refractivity contribution is 5.97. The number of hydrogen-bond donors (Lipinski definition) is 2. The third-order valence-corrected chi connectivity index (χ3v) is 2.88. The molecule has 1 aromatic rings. The fourth-order valence-electron chi connectivity index (χ4n) is 1.87. The van der Waals surface area contributed by atoms with Crippen LogP contribution in [0.25, 0.3) is 0 Å². The lowest BCUT2D eigenvalue weighted by Gasteiger charge is -2.29. The maximum absolute atomic E-state index is 12.8. The molecular weight excluding hydrogens is 287 g/mol. The highest BCUT2D eigenvalue weighted by atomic mass is 19.4. The Bertz CT molecular complexity index is 504. The van der Waals surface area contributed by atoms with Crippen molar-refractivity contribution in [1.82, 2.24) is 4.98 Å². The Morgan fingerprint density at radius 1 is 1.43 bits per heavy atom. The highest BCUT2D eigenvalue weighted by Gasteiger charge is 2.34. The molecule has 0 aliphatic carbocycles. The fraction of sp³-hybridized carbons (Fsp3) is 0.538. The van der Waals surface area contributed by atoms with E-state index in [1.807, 2.05) is 0 Å². The number of primary amides is 1. The van der Waals surface area contributed by atoms with Crippen molar-refractivity contribution in [3.05, 3.63) is 23.4 Å². The summed E-state index contributed by atoms with van der Waals surface area (Å²) < 4.78 is 38.3. The fourth-order valence-corrected chi connectivity index (χ4v) is 1.87. The molecule has 0 radical (unpaired) electrons. The topological polar surface area (TPSA) is 79.4 Å². The van der Waals surface area contributed by atoms with E-state index in [1.165, 1.54) is 4.90 Å². The van der Waals surface area contributed by atoms with Gasteiger partial charge in [0, 0.05) is 19.2 Å². The monoisotopic (exact) mass is 305 g/mol. The third-order valence-electron chi connectivity index (χ3n) is 2.88. The number of aliphatic hydroxyl groups excluding tert-OH is 1. The van der Waals surface area contributed by atoms with Crippen molar-refractivity contribution in [2.45, 2.75) is 32.5 Å². The van der Waals surface area contributed by atoms with Gasteiger partial charge in [0.05, 0.1) is 5.56 Å². The molecule has 0 atom stereocenters. The minimum Gasteiger partial charge on any atom is -0.396 e. The molecule has 1 aromatic heterocycles. The number of aliphatic hydroxyl groups is 1. The van der Waals surface area contributed by atoms with Crippen molar-refractivity contribution >= 4 is 11.7 Å². The average molecular weight is 305 g/mol. The molecule has 0 saturated carbocycles. The molecule has 8 heteroatoms. The predicted molar refractivity (Wildman–Crippen MR) is 71.9 cm³/mol. The van der Waals surface area contributed by atoms with E-state index >= 15 is 0 Å². The number of carbonyl (C=O) groups is 1. The van der Waals surface area contributed by atoms with Crippen LogP contribution in [0.4, 0.5) is 19.0 Å². The van der Waals surface area contributed by atoms with E-state index < -0.39 is 17.8 Å². The molecule has 0 unspecified atom stereocenters. The van der Waals surface area contributed by atoms with E-state index in [1.54, 1.807) is 13.8 Å². The number of carbonyl (C=O) groups excluding carboxylic acids is 1. The Hall–Kier alpha value is -1.83. The minimum absolute atomic E-state index is 0.0744. The highest BCUT2D eigenvalue weighted by Crippen LogP contribution is 2.31. The number of anilines is 1. The van der Waals surface area contributed by atoms with Crippen LogP contribution in [-0.4, -0.2) is 35.2 Å². The second-order valence-electron chi connectivity index (χ2n) is 4.79. The normalized spacial score (nSPS) is 11.8. The molecular formula is C13H18F3N3O2. The molecule has 1 amide bonds. The zero-order valence-electron chi connectivity index (χ0n) is 11.8. The summed E-state index contributed by atoms with van der Waals surface area (Å²) >= 11 is 0. The first-order chi connectivity index (χ1) is 9.68. The van der Waals surface area contributed by atoms with Crippen molar-refractivity contribution in [2.24, 2.45) is 5.73 Å². The summed E-state index contributed by atoms with van der Waals surface area (Å²) in [5, 5.41) is 8.89. The lowest BCUT2D eigenvalue weighted by atomic mass is 10.1. The van der Waals surface area contributed by atoms with E-state index in [4.69, 9.17) is 10.8 Å². The van der Waals surface area contributed by atoms with Gasteiger partial charge in [0.2, 0.25) is 0 Å². The van der Waals surface area contributed by atoms with Crippen LogP contribution in [0.2, 0.25) is 0 Å². The van der Waals surface area contributed by atoms with Crippen molar-refractivity contribution in [3.8, 4) is 0 Å². The SMILES string of the molecule is CC(C)N(CCCO)c1nc(C(F)(F)F)ccc1C(N)=O. The molecule has 0 bridgehead atoms. The number of pyridine rings is 1. The quantitative estimate of drug-likeness (QED) is 0.840. The zero-order chi connectivity index (χ0) is 16.2. The van der Waals surface area contributed by atoms with Gasteiger partial charge in [-0.3, -0.25) is 4.79 Å². The Kier molecular flexibility index (Phi) is 5.54. The van der Waals surface area contributed by atoms with Crippen molar-refractivity contribution in [1.29, 1.82) is 0 Å². The van der Waals surface area contributed by atoms with Gasteiger partial charge in [-0.05, 0) is 32.4 Å². The van der Waals surface area contributed by atoms with Gasteiger partial charge in [0.15, 0.2) is 0 Å². The molecule has 118 valence electrons. The van der Waals surface area contributed by atoms with E-state index in [2.05, 4.69) is 4.98 Å². The van der Waals surface area contributed by atoms with Crippen molar-refractivity contribution in [2.75, 3.05) is 18.1 Å². The molecule has 1 rings (SSSR count). The van der Waals surface area contributed by atoms with E-state index in [9.17, 15) is 18.0 Å². The summed E-state index contributed by atoms with van der Waals surface area (Å²) in [7, 11) is 0. The van der Waals surface area contributed by atoms with Gasteiger partial charge in [0.25, 0.3) is 5.91 Å². The summed E-state index contributed by atoms with van der Waals surface area (Å²) in [4.78, 5) is 16.5. The average Bonchev–Trinajstić information content (AvgIpc) is 2.37. The molecule has 1 heterocycles. The first-order valence-electron chi connectivity index (χ1n) is 6.44. The van der Waals surface area contributed by atoms with Crippen molar-refractivity contribution < 1.29 is 23.1 Å². The molecule has 0 aliphatic rings. The molecule has 21 heavy (non-hydrogen) atoms. The van der Waals surface area contributed by atoms with Gasteiger partial charge in [-0.2, -0.15) is 13.2 Å². The van der Waals surface area contributed by atoms with Crippen LogP contribution < -0.4 is 10.6 Å². The van der Waals surface area contributed by atoms with Crippen LogP contribution in [-0.2, 0) is 6.18 Å². The lowest BCUT2D eigenvalue weighted by Crippen LogP contribution is -2.35. The molecule has 0 aromatic carbocycles. The van der Waals surface area contributed by atoms with E-state index in [-0.39, 0.29) is 30.6 Å². The number of hydrogen-bond acceptors (Lipinski definition) is 4. The number of amides is 1. The van der Waals surface area contributed by atoms with Gasteiger partial charge in [-0.15, -0.1) is 0 Å². The summed E-state index contributed by atoms with van der Waals surface area (Å²) in [6.45, 7) is 3.66. The van der Waals surface area contributed by atoms with Crippen LogP contribution in [0.5, 0.6) is 0 Å². The van der Waals surface area contributed by atoms with Gasteiger partial charge >= 0.3 is 6.18 Å². The summed E-state index contributed by atoms with van der Waals surface area (Å²) in [5.74, 6) is -0.957. The summed E-state index contributed by atoms with van der Waals surface area (Å²) in [6, 6.07) is 1.56. The number of nitrogens with two attached hydrogens (primary N) is 1. The zero-order valence-corrected chi connectivity index (χ0v) is 11.8. The maximum atomic E-state index is 12.8. The van der Waals surface area contributed by atoms with Crippen LogP contribution >= 0.6 is 0 Å². The van der Waals surface area contributed by atoms with Crippen LogP contribution in [0.3, 0.4) is 0 Å². The van der Waals surface area contributed by atoms with Crippen LogP contribution in [0.15, 0.2) is 12.1 Å². The predicted octanol–water partition coefficient (Wildman–Crippen LogP) is 1.80. The second-order valence-corrected chi connectivity index (χ2v) is 4.79. The molecule has 0 fully saturated rings. The molecule has 3 N–H and O–H groups in total. The van der Waals surface area contributed by atoms with Crippen LogP contribution in [0.1, 0.15) is 36.3 Å². The number of nitrogens with zero attached hydrogens (tertiary/aromatic N) is 2. The van der Waals surface area contributed by atoms with Gasteiger partial charge in [-0.1, -0.05) is 0 Å². The van der Waals surface area contributed by atoms with E-state index in [0.29, 0.717) is 6.42 Å². The maximum Gasteiger partial charge on any atom is 0.433 e. The van der Waals surface area contributed by atoms with Crippen molar-refractivity contribution in [3.63, 3.8) is 0 Å². The largest absolute Gasteiger partial charge is 0.433 e. The number of rotatable bonds is 6. The Labute approximate surface area is 120 Å². The standard InChI is InChI=1S/C13H18F3N3O2/c1-8(2)19(6-3-7-20)12-9(11(17)21)4-5-10(18-12)13(14,15)16/h4-5,8,20H,3,6-7H2,1-2H3,(H2,17,21). The molecule has 0 saturated heterocycles. The van der Waals surface area contributed by atoms with E-state index in [0.717, 1.165) is 12.1 Å². The Morgan fingerprint density at radius 2 is 2.05 bits per heavy atom. The lowest BCUT2D eigenvalue weighted by molar-refractivity contribution is -0.141. The Morgan fingerprint density at radius 3 is 2.48 bits per heavy atom. The molecule has 5 nitrogen and oxygen atoms in total. The summed E-state index contributed by atoms with van der Waals surface area (Å²) in [6.07, 6.45) is -4.27. The smallest absolute Gasteiger partial charge is 0.396 e. The number of alkyl halides is 3. The van der Waals surface area contributed by atoms with Gasteiger partial charge in [-0.25, -0.2) is 4.98 Å². The number of halogens is 3. The number of aromatic nitrogens is 1. The minimum atomic E-state index is -4.61. The molecule has 0 aliphatic heterocycles. The van der Waals surface area contributed by atoms with Crippen LogP contribution in [0, 0.1) is 0 Å². The summed E-state index contributed by atoms with van der Waals surface area (Å²) in [5.41, 5.74) is 4.04. The third kappa shape index (κ3) is 4.32. The second kappa shape index (κ2) is 6.75. The first kappa shape index (κ1) is 17.2.